The van der Waals surface area contributed by atoms with Crippen molar-refractivity contribution in [1.82, 2.24) is 4.90 Å². The molecule has 0 fully saturated rings. The van der Waals surface area contributed by atoms with Crippen LogP contribution in [0.2, 0.25) is 0 Å². The maximum absolute atomic E-state index is 11.8. The van der Waals surface area contributed by atoms with Crippen molar-refractivity contribution in [2.45, 2.75) is 0 Å². The van der Waals surface area contributed by atoms with Crippen LogP contribution in [0.4, 0.5) is 0 Å². The maximum atomic E-state index is 11.8. The van der Waals surface area contributed by atoms with Crippen LogP contribution in [0.25, 0.3) is 0 Å². The molecule has 1 aromatic carbocycles. The van der Waals surface area contributed by atoms with Gasteiger partial charge in [-0.3, -0.25) is 4.79 Å². The van der Waals surface area contributed by atoms with E-state index in [1.54, 1.807) is 32.5 Å². The normalized spacial score (nSPS) is 11.1. The summed E-state index contributed by atoms with van der Waals surface area (Å²) in [5, 5.41) is 0. The van der Waals surface area contributed by atoms with Crippen molar-refractivity contribution >= 4 is 13.0 Å². The Morgan fingerprint density at radius 2 is 1.80 bits per heavy atom. The molecule has 1 rings (SSSR count). The summed E-state index contributed by atoms with van der Waals surface area (Å²) < 4.78 is 11.6. The van der Waals surface area contributed by atoms with Gasteiger partial charge in [-0.15, -0.1) is 0 Å². The lowest BCUT2D eigenvalue weighted by molar-refractivity contribution is 0.0817. The van der Waals surface area contributed by atoms with Crippen molar-refractivity contribution in [2.24, 2.45) is 0 Å². The Morgan fingerprint density at radius 3 is 2.27 bits per heavy atom. The molecule has 0 N–H and O–H groups in total. The third kappa shape index (κ3) is 3.88. The summed E-state index contributed by atoms with van der Waals surface area (Å²) in [7, 11) is -0.515. The number of carbonyl (C=O) groups is 1. The first-order chi connectivity index (χ1) is 6.90. The SMILES string of the molecule is CN(CP(C)(C)=O)C(=O)c1ccccc1. The molecule has 0 unspecified atom stereocenters. The molecule has 15 heavy (non-hydrogen) atoms. The van der Waals surface area contributed by atoms with Crippen molar-refractivity contribution in [3.63, 3.8) is 0 Å². The highest BCUT2D eigenvalue weighted by atomic mass is 31.2. The molecule has 0 aliphatic heterocycles. The van der Waals surface area contributed by atoms with Crippen LogP contribution >= 0.6 is 7.14 Å². The quantitative estimate of drug-likeness (QED) is 0.740. The highest BCUT2D eigenvalue weighted by molar-refractivity contribution is 7.62. The van der Waals surface area contributed by atoms with E-state index in [9.17, 15) is 9.36 Å². The second-order valence-electron chi connectivity index (χ2n) is 4.08. The van der Waals surface area contributed by atoms with Gasteiger partial charge in [0.15, 0.2) is 0 Å². The average Bonchev–Trinajstić information content (AvgIpc) is 2.15. The zero-order valence-corrected chi connectivity index (χ0v) is 10.2. The summed E-state index contributed by atoms with van der Waals surface area (Å²) >= 11 is 0. The summed E-state index contributed by atoms with van der Waals surface area (Å²) in [5.41, 5.74) is 0.633. The minimum Gasteiger partial charge on any atom is -0.335 e. The molecule has 0 saturated heterocycles. The molecule has 0 saturated carbocycles. The Kier molecular flexibility index (Phi) is 3.70. The van der Waals surface area contributed by atoms with Crippen LogP contribution in [0.5, 0.6) is 0 Å². The number of carbonyl (C=O) groups excluding carboxylic acids is 1. The second-order valence-corrected chi connectivity index (χ2v) is 7.52. The average molecular weight is 225 g/mol. The van der Waals surface area contributed by atoms with Crippen molar-refractivity contribution in [3.8, 4) is 0 Å². The highest BCUT2D eigenvalue weighted by Gasteiger charge is 2.16. The van der Waals surface area contributed by atoms with Gasteiger partial charge in [0.05, 0.1) is 6.29 Å². The molecule has 0 aliphatic carbocycles. The van der Waals surface area contributed by atoms with E-state index < -0.39 is 7.14 Å². The lowest BCUT2D eigenvalue weighted by Gasteiger charge is -2.19. The zero-order chi connectivity index (χ0) is 11.5. The minimum absolute atomic E-state index is 0.0838. The van der Waals surface area contributed by atoms with E-state index in [0.717, 1.165) is 0 Å². The zero-order valence-electron chi connectivity index (χ0n) is 9.30. The van der Waals surface area contributed by atoms with Gasteiger partial charge in [0.1, 0.15) is 7.14 Å². The van der Waals surface area contributed by atoms with Gasteiger partial charge in [-0.25, -0.2) is 0 Å². The number of hydrogen-bond donors (Lipinski definition) is 0. The number of benzene rings is 1. The van der Waals surface area contributed by atoms with Crippen molar-refractivity contribution in [1.29, 1.82) is 0 Å². The fraction of sp³-hybridized carbons (Fsp3) is 0.364. The molecule has 3 nitrogen and oxygen atoms in total. The van der Waals surface area contributed by atoms with Crippen molar-refractivity contribution < 1.29 is 9.36 Å². The molecule has 0 heterocycles. The number of nitrogens with zero attached hydrogens (tertiary/aromatic N) is 1. The van der Waals surface area contributed by atoms with Crippen LogP contribution in [0.15, 0.2) is 30.3 Å². The Labute approximate surface area is 90.5 Å². The van der Waals surface area contributed by atoms with E-state index in [4.69, 9.17) is 0 Å². The van der Waals surface area contributed by atoms with Crippen LogP contribution in [0.3, 0.4) is 0 Å². The molecule has 1 amide bonds. The molecule has 1 aromatic rings. The van der Waals surface area contributed by atoms with E-state index in [0.29, 0.717) is 11.8 Å². The summed E-state index contributed by atoms with van der Waals surface area (Å²) in [6, 6.07) is 9.02. The fourth-order valence-electron chi connectivity index (χ4n) is 1.38. The van der Waals surface area contributed by atoms with Gasteiger partial charge in [0, 0.05) is 12.6 Å². The smallest absolute Gasteiger partial charge is 0.254 e. The van der Waals surface area contributed by atoms with Gasteiger partial charge in [0.25, 0.3) is 5.91 Å². The van der Waals surface area contributed by atoms with Crippen LogP contribution in [-0.4, -0.2) is 37.5 Å². The van der Waals surface area contributed by atoms with Crippen LogP contribution in [-0.2, 0) is 4.57 Å². The van der Waals surface area contributed by atoms with Crippen LogP contribution in [0.1, 0.15) is 10.4 Å². The molecular formula is C11H16NO2P. The van der Waals surface area contributed by atoms with E-state index in [1.165, 1.54) is 4.90 Å². The van der Waals surface area contributed by atoms with Gasteiger partial charge in [-0.05, 0) is 25.5 Å². The minimum atomic E-state index is -2.19. The predicted octanol–water partition coefficient (Wildman–Crippen LogP) is 2.34. The molecule has 0 aromatic heterocycles. The van der Waals surface area contributed by atoms with E-state index in [1.807, 2.05) is 18.2 Å². The van der Waals surface area contributed by atoms with Gasteiger partial charge in [-0.2, -0.15) is 0 Å². The van der Waals surface area contributed by atoms with Gasteiger partial charge in [-0.1, -0.05) is 18.2 Å². The first-order valence-corrected chi connectivity index (χ1v) is 7.53. The Morgan fingerprint density at radius 1 is 1.27 bits per heavy atom. The third-order valence-corrected chi connectivity index (χ3v) is 3.03. The Bertz CT molecular complexity index is 383. The van der Waals surface area contributed by atoms with Gasteiger partial charge in [0.2, 0.25) is 0 Å². The molecule has 0 radical (unpaired) electrons. The lowest BCUT2D eigenvalue weighted by atomic mass is 10.2. The van der Waals surface area contributed by atoms with Gasteiger partial charge >= 0.3 is 0 Å². The summed E-state index contributed by atoms with van der Waals surface area (Å²) in [5.74, 6) is -0.0838. The first kappa shape index (κ1) is 12.0. The number of hydrogen-bond acceptors (Lipinski definition) is 2. The standard InChI is InChI=1S/C11H16NO2P/c1-12(9-15(2,3)14)11(13)10-7-5-4-6-8-10/h4-8H,9H2,1-3H3. The van der Waals surface area contributed by atoms with Crippen molar-refractivity contribution in [3.05, 3.63) is 35.9 Å². The van der Waals surface area contributed by atoms with Crippen molar-refractivity contribution in [2.75, 3.05) is 26.7 Å². The molecular weight excluding hydrogens is 209 g/mol. The third-order valence-electron chi connectivity index (χ3n) is 1.92. The monoisotopic (exact) mass is 225 g/mol. The second kappa shape index (κ2) is 4.63. The Balaban J connectivity index is 2.74. The molecule has 82 valence electrons. The highest BCUT2D eigenvalue weighted by Crippen LogP contribution is 2.36. The van der Waals surface area contributed by atoms with E-state index in [-0.39, 0.29) is 5.91 Å². The largest absolute Gasteiger partial charge is 0.335 e. The lowest BCUT2D eigenvalue weighted by Crippen LogP contribution is -2.27. The molecule has 4 heteroatoms. The van der Waals surface area contributed by atoms with Crippen LogP contribution < -0.4 is 0 Å². The molecule has 0 spiro atoms. The maximum Gasteiger partial charge on any atom is 0.254 e. The van der Waals surface area contributed by atoms with Gasteiger partial charge < -0.3 is 9.46 Å². The molecule has 0 bridgehead atoms. The summed E-state index contributed by atoms with van der Waals surface area (Å²) in [6.07, 6.45) is 0.320. The fourth-order valence-corrected chi connectivity index (χ4v) is 2.53. The number of amides is 1. The number of rotatable bonds is 3. The Hall–Kier alpha value is -1.08. The molecule has 0 aliphatic rings. The van der Waals surface area contributed by atoms with E-state index >= 15 is 0 Å². The predicted molar refractivity (Wildman–Crippen MR) is 62.9 cm³/mol. The van der Waals surface area contributed by atoms with E-state index in [2.05, 4.69) is 0 Å². The molecule has 0 atom stereocenters. The first-order valence-electron chi connectivity index (χ1n) is 4.75. The van der Waals surface area contributed by atoms with Crippen LogP contribution in [0, 0.1) is 0 Å². The summed E-state index contributed by atoms with van der Waals surface area (Å²) in [6.45, 7) is 3.36. The summed E-state index contributed by atoms with van der Waals surface area (Å²) in [4.78, 5) is 13.3. The topological polar surface area (TPSA) is 37.4 Å².